The number of aryl methyl sites for hydroxylation is 1. The van der Waals surface area contributed by atoms with E-state index in [0.29, 0.717) is 22.6 Å². The van der Waals surface area contributed by atoms with E-state index >= 15 is 4.39 Å². The van der Waals surface area contributed by atoms with Crippen LogP contribution in [0.2, 0.25) is 0 Å². The van der Waals surface area contributed by atoms with Crippen LogP contribution in [0.25, 0.3) is 16.8 Å². The van der Waals surface area contributed by atoms with Crippen LogP contribution in [0.4, 0.5) is 14.5 Å². The summed E-state index contributed by atoms with van der Waals surface area (Å²) in [7, 11) is 0. The summed E-state index contributed by atoms with van der Waals surface area (Å²) in [6, 6.07) is 3.51. The molecule has 2 amide bonds. The number of nitrogens with zero attached hydrogens (tertiary/aromatic N) is 5. The Kier molecular flexibility index (Phi) is 5.86. The largest absolute Gasteiger partial charge is 0.476 e. The molecule has 0 aliphatic carbocycles. The van der Waals surface area contributed by atoms with Crippen LogP contribution >= 0.6 is 0 Å². The van der Waals surface area contributed by atoms with Crippen LogP contribution in [-0.4, -0.2) is 42.4 Å². The van der Waals surface area contributed by atoms with Gasteiger partial charge >= 0.3 is 0 Å². The molecule has 38 heavy (non-hydrogen) atoms. The molecule has 0 radical (unpaired) electrons. The number of aromatic nitrogens is 4. The fraction of sp³-hybridized carbons (Fsp3) is 0.269. The molecule has 10 nitrogen and oxygen atoms in total. The highest BCUT2D eigenvalue weighted by Gasteiger charge is 2.35. The molecule has 12 heteroatoms. The molecule has 1 atom stereocenters. The van der Waals surface area contributed by atoms with Crippen LogP contribution in [0.5, 0.6) is 5.75 Å². The Balaban J connectivity index is 1.61. The first-order valence-corrected chi connectivity index (χ1v) is 11.7. The van der Waals surface area contributed by atoms with Gasteiger partial charge in [-0.2, -0.15) is 0 Å². The number of pyridine rings is 1. The molecule has 0 bridgehead atoms. The van der Waals surface area contributed by atoms with Gasteiger partial charge in [-0.05, 0) is 39.8 Å². The number of hydrogen-bond acceptors (Lipinski definition) is 7. The third-order valence-corrected chi connectivity index (χ3v) is 6.33. The zero-order valence-corrected chi connectivity index (χ0v) is 21.0. The van der Waals surface area contributed by atoms with Crippen molar-refractivity contribution in [3.05, 3.63) is 71.2 Å². The third-order valence-electron chi connectivity index (χ3n) is 6.33. The lowest BCUT2D eigenvalue weighted by molar-refractivity contribution is -0.125. The lowest BCUT2D eigenvalue weighted by Gasteiger charge is -2.33. The van der Waals surface area contributed by atoms with Gasteiger partial charge in [-0.3, -0.25) is 14.5 Å². The molecule has 1 aliphatic rings. The van der Waals surface area contributed by atoms with E-state index < -0.39 is 35.2 Å². The highest BCUT2D eigenvalue weighted by molar-refractivity contribution is 6.02. The van der Waals surface area contributed by atoms with Crippen LogP contribution in [0.1, 0.15) is 48.3 Å². The van der Waals surface area contributed by atoms with Gasteiger partial charge in [0.15, 0.2) is 23.5 Å². The molecule has 0 spiro atoms. The number of anilines is 1. The summed E-state index contributed by atoms with van der Waals surface area (Å²) in [4.78, 5) is 38.9. The van der Waals surface area contributed by atoms with E-state index in [9.17, 15) is 19.1 Å². The smallest absolute Gasteiger partial charge is 0.268 e. The minimum Gasteiger partial charge on any atom is -0.476 e. The monoisotopic (exact) mass is 522 g/mol. The summed E-state index contributed by atoms with van der Waals surface area (Å²) in [5.41, 5.74) is 5.88. The third kappa shape index (κ3) is 4.22. The summed E-state index contributed by atoms with van der Waals surface area (Å²) in [5, 5.41) is 10.1. The van der Waals surface area contributed by atoms with E-state index in [1.807, 2.05) is 0 Å². The van der Waals surface area contributed by atoms with Crippen molar-refractivity contribution in [2.24, 2.45) is 5.73 Å². The Morgan fingerprint density at radius 1 is 1.18 bits per heavy atom. The van der Waals surface area contributed by atoms with Crippen LogP contribution in [-0.2, 0) is 16.9 Å². The minimum absolute atomic E-state index is 0.0502. The van der Waals surface area contributed by atoms with E-state index in [-0.39, 0.29) is 34.9 Å². The van der Waals surface area contributed by atoms with Crippen molar-refractivity contribution in [1.29, 1.82) is 0 Å². The molecule has 1 unspecified atom stereocenters. The van der Waals surface area contributed by atoms with Crippen molar-refractivity contribution in [3.63, 3.8) is 0 Å². The summed E-state index contributed by atoms with van der Waals surface area (Å²) >= 11 is 0. The fourth-order valence-corrected chi connectivity index (χ4v) is 4.33. The molecular formula is C26H24F2N6O4. The van der Waals surface area contributed by atoms with E-state index in [0.717, 1.165) is 6.07 Å². The van der Waals surface area contributed by atoms with Crippen molar-refractivity contribution in [3.8, 4) is 16.9 Å². The maximum absolute atomic E-state index is 15.1. The first-order chi connectivity index (χ1) is 17.8. The molecule has 5 rings (SSSR count). The van der Waals surface area contributed by atoms with Crippen LogP contribution in [0.3, 0.4) is 0 Å². The molecule has 196 valence electrons. The van der Waals surface area contributed by atoms with E-state index in [2.05, 4.69) is 15.0 Å². The highest BCUT2D eigenvalue weighted by atomic mass is 19.1. The Morgan fingerprint density at radius 2 is 1.87 bits per heavy atom. The van der Waals surface area contributed by atoms with Gasteiger partial charge in [-0.25, -0.2) is 23.7 Å². The molecule has 3 N–H and O–H groups in total. The molecule has 0 saturated heterocycles. The van der Waals surface area contributed by atoms with Crippen molar-refractivity contribution < 1.29 is 28.2 Å². The summed E-state index contributed by atoms with van der Waals surface area (Å²) in [6.45, 7) is 6.20. The van der Waals surface area contributed by atoms with Crippen LogP contribution < -0.4 is 15.4 Å². The Labute approximate surface area is 215 Å². The lowest BCUT2D eigenvalue weighted by Crippen LogP contribution is -2.44. The van der Waals surface area contributed by atoms with Crippen molar-refractivity contribution in [2.45, 2.75) is 45.9 Å². The maximum Gasteiger partial charge on any atom is 0.268 e. The zero-order chi connectivity index (χ0) is 27.5. The Bertz CT molecular complexity index is 1610. The van der Waals surface area contributed by atoms with Crippen molar-refractivity contribution in [1.82, 2.24) is 19.4 Å². The fourth-order valence-electron chi connectivity index (χ4n) is 4.33. The topological polar surface area (TPSA) is 136 Å². The lowest BCUT2D eigenvalue weighted by atomic mass is 10.1. The van der Waals surface area contributed by atoms with Gasteiger partial charge in [0.1, 0.15) is 17.1 Å². The number of primary amides is 1. The summed E-state index contributed by atoms with van der Waals surface area (Å²) < 4.78 is 37.0. The molecule has 1 aliphatic heterocycles. The number of carbonyl (C=O) groups is 2. The average Bonchev–Trinajstić information content (AvgIpc) is 3.14. The molecule has 3 aromatic heterocycles. The van der Waals surface area contributed by atoms with Gasteiger partial charge in [0, 0.05) is 41.3 Å². The van der Waals surface area contributed by atoms with Gasteiger partial charge in [-0.15, -0.1) is 0 Å². The standard InChI is InChI=1S/C26H24F2N6O4/c1-12-20(11-34-19-6-14(23(29)35)5-18(28)22(19)38-13(2)24(34)36)33-10-16(17(27)7-21(33)32-12)15-8-30-25(31-9-15)26(3,4)37/h5-10,13,37H,11H2,1-4H3,(H2,29,35). The number of ether oxygens (including phenoxy) is 1. The first-order valence-electron chi connectivity index (χ1n) is 11.7. The van der Waals surface area contributed by atoms with Gasteiger partial charge in [0.05, 0.1) is 23.6 Å². The van der Waals surface area contributed by atoms with E-state index in [1.54, 1.807) is 25.2 Å². The molecule has 0 saturated carbocycles. The van der Waals surface area contributed by atoms with E-state index in [4.69, 9.17) is 10.5 Å². The second-order valence-electron chi connectivity index (χ2n) is 9.62. The minimum atomic E-state index is -1.26. The van der Waals surface area contributed by atoms with Gasteiger partial charge in [-0.1, -0.05) is 0 Å². The quantitative estimate of drug-likeness (QED) is 0.411. The maximum atomic E-state index is 15.1. The summed E-state index contributed by atoms with van der Waals surface area (Å²) in [6.07, 6.45) is 3.34. The molecule has 4 heterocycles. The number of amides is 2. The number of hydrogen-bond donors (Lipinski definition) is 2. The predicted molar refractivity (Wildman–Crippen MR) is 132 cm³/mol. The van der Waals surface area contributed by atoms with Crippen molar-refractivity contribution in [2.75, 3.05) is 4.90 Å². The number of benzene rings is 1. The number of nitrogens with two attached hydrogens (primary N) is 1. The average molecular weight is 523 g/mol. The predicted octanol–water partition coefficient (Wildman–Crippen LogP) is 3.02. The normalized spacial score (nSPS) is 15.5. The van der Waals surface area contributed by atoms with Crippen LogP contribution in [0.15, 0.2) is 36.8 Å². The Hall–Kier alpha value is -4.45. The number of imidazole rings is 1. The number of rotatable bonds is 5. The Morgan fingerprint density at radius 3 is 2.50 bits per heavy atom. The number of carbonyl (C=O) groups excluding carboxylic acids is 2. The van der Waals surface area contributed by atoms with E-state index in [1.165, 1.54) is 42.5 Å². The summed E-state index contributed by atoms with van der Waals surface area (Å²) in [5.74, 6) is -2.71. The SMILES string of the molecule is Cc1nc2cc(F)c(-c3cnc(C(C)(C)O)nc3)cn2c1CN1C(=O)C(C)Oc2c(F)cc(C(N)=O)cc21. The zero-order valence-electron chi connectivity index (χ0n) is 21.0. The van der Waals surface area contributed by atoms with Crippen molar-refractivity contribution >= 4 is 23.1 Å². The number of aliphatic hydroxyl groups is 1. The first kappa shape index (κ1) is 25.2. The second-order valence-corrected chi connectivity index (χ2v) is 9.62. The number of fused-ring (bicyclic) bond motifs is 2. The highest BCUT2D eigenvalue weighted by Crippen LogP contribution is 2.39. The molecule has 4 aromatic rings. The molecule has 1 aromatic carbocycles. The van der Waals surface area contributed by atoms with Crippen LogP contribution in [0, 0.1) is 18.6 Å². The van der Waals surface area contributed by atoms with Gasteiger partial charge in [0.25, 0.3) is 5.91 Å². The number of halogens is 2. The molecular weight excluding hydrogens is 498 g/mol. The van der Waals surface area contributed by atoms with Gasteiger partial charge < -0.3 is 20.0 Å². The van der Waals surface area contributed by atoms with Gasteiger partial charge in [0.2, 0.25) is 5.91 Å². The second kappa shape index (κ2) is 8.84. The molecule has 0 fully saturated rings.